The second-order valence-corrected chi connectivity index (χ2v) is 6.74. The molecule has 1 aliphatic rings. The summed E-state index contributed by atoms with van der Waals surface area (Å²) in [6.07, 6.45) is 1.92. The smallest absolute Gasteiger partial charge is 0.207 e. The van der Waals surface area contributed by atoms with Crippen molar-refractivity contribution in [1.29, 1.82) is 0 Å². The molecule has 1 fully saturated rings. The predicted molar refractivity (Wildman–Crippen MR) is 68.7 cm³/mol. The van der Waals surface area contributed by atoms with Crippen LogP contribution < -0.4 is 0 Å². The van der Waals surface area contributed by atoms with E-state index < -0.39 is 10.0 Å². The standard InChI is InChI=1S/C12H16ClNO2S/c1-9-3-6-12(7-10(9)8-13)17(15,16)14(2)11-4-5-11/h3,6-7,11H,4-5,8H2,1-2H3. The summed E-state index contributed by atoms with van der Waals surface area (Å²) < 4.78 is 26.0. The molecule has 1 aromatic rings. The van der Waals surface area contributed by atoms with Gasteiger partial charge in [0.1, 0.15) is 0 Å². The van der Waals surface area contributed by atoms with E-state index in [1.807, 2.05) is 13.0 Å². The second kappa shape index (κ2) is 4.59. The highest BCUT2D eigenvalue weighted by molar-refractivity contribution is 7.89. The van der Waals surface area contributed by atoms with Crippen LogP contribution in [0.15, 0.2) is 23.1 Å². The van der Waals surface area contributed by atoms with Crippen LogP contribution in [0.5, 0.6) is 0 Å². The van der Waals surface area contributed by atoms with Crippen LogP contribution in [0.3, 0.4) is 0 Å². The molecule has 2 rings (SSSR count). The molecular formula is C12H16ClNO2S. The van der Waals surface area contributed by atoms with Gasteiger partial charge in [-0.15, -0.1) is 11.6 Å². The summed E-state index contributed by atoms with van der Waals surface area (Å²) in [5.41, 5.74) is 1.89. The number of aryl methyl sites for hydroxylation is 1. The Bertz CT molecular complexity index is 523. The highest BCUT2D eigenvalue weighted by Crippen LogP contribution is 2.31. The number of sulfonamides is 1. The lowest BCUT2D eigenvalue weighted by Gasteiger charge is -2.17. The molecule has 5 heteroatoms. The molecule has 0 atom stereocenters. The van der Waals surface area contributed by atoms with Crippen molar-refractivity contribution in [1.82, 2.24) is 4.31 Å². The van der Waals surface area contributed by atoms with Crippen LogP contribution in [0, 0.1) is 6.92 Å². The van der Waals surface area contributed by atoms with Crippen LogP contribution >= 0.6 is 11.6 Å². The lowest BCUT2D eigenvalue weighted by atomic mass is 10.1. The van der Waals surface area contributed by atoms with E-state index in [0.29, 0.717) is 10.8 Å². The monoisotopic (exact) mass is 273 g/mol. The summed E-state index contributed by atoms with van der Waals surface area (Å²) in [6, 6.07) is 5.32. The third kappa shape index (κ3) is 2.49. The summed E-state index contributed by atoms with van der Waals surface area (Å²) >= 11 is 5.80. The molecule has 1 saturated carbocycles. The average Bonchev–Trinajstić information content (AvgIpc) is 3.12. The predicted octanol–water partition coefficient (Wildman–Crippen LogP) is 2.52. The first-order valence-corrected chi connectivity index (χ1v) is 7.58. The zero-order valence-electron chi connectivity index (χ0n) is 9.98. The Morgan fingerprint density at radius 1 is 1.41 bits per heavy atom. The van der Waals surface area contributed by atoms with E-state index in [9.17, 15) is 8.42 Å². The second-order valence-electron chi connectivity index (χ2n) is 4.47. The molecule has 94 valence electrons. The lowest BCUT2D eigenvalue weighted by molar-refractivity contribution is 0.464. The van der Waals surface area contributed by atoms with E-state index in [-0.39, 0.29) is 6.04 Å². The zero-order valence-corrected chi connectivity index (χ0v) is 11.6. The number of rotatable bonds is 4. The van der Waals surface area contributed by atoms with E-state index in [2.05, 4.69) is 0 Å². The molecular weight excluding hydrogens is 258 g/mol. The maximum absolute atomic E-state index is 12.3. The Labute approximate surface area is 107 Å². The Morgan fingerprint density at radius 3 is 2.59 bits per heavy atom. The molecule has 3 nitrogen and oxygen atoms in total. The summed E-state index contributed by atoms with van der Waals surface area (Å²) in [5.74, 6) is 0.336. The summed E-state index contributed by atoms with van der Waals surface area (Å²) in [5, 5.41) is 0. The molecule has 0 bridgehead atoms. The van der Waals surface area contributed by atoms with Crippen molar-refractivity contribution in [2.75, 3.05) is 7.05 Å². The van der Waals surface area contributed by atoms with Crippen molar-refractivity contribution < 1.29 is 8.42 Å². The minimum atomic E-state index is -3.35. The zero-order chi connectivity index (χ0) is 12.6. The van der Waals surface area contributed by atoms with Gasteiger partial charge in [0, 0.05) is 19.0 Å². The molecule has 0 amide bonds. The number of halogens is 1. The van der Waals surface area contributed by atoms with E-state index in [1.54, 1.807) is 19.2 Å². The third-order valence-corrected chi connectivity index (χ3v) is 5.40. The van der Waals surface area contributed by atoms with Crippen molar-refractivity contribution in [3.63, 3.8) is 0 Å². The van der Waals surface area contributed by atoms with Gasteiger partial charge in [-0.3, -0.25) is 0 Å². The fraction of sp³-hybridized carbons (Fsp3) is 0.500. The number of hydrogen-bond acceptors (Lipinski definition) is 2. The van der Waals surface area contributed by atoms with Gasteiger partial charge in [0.25, 0.3) is 0 Å². The maximum Gasteiger partial charge on any atom is 0.243 e. The SMILES string of the molecule is Cc1ccc(S(=O)(=O)N(C)C2CC2)cc1CCl. The number of hydrogen-bond donors (Lipinski definition) is 0. The highest BCUT2D eigenvalue weighted by Gasteiger charge is 2.35. The molecule has 0 unspecified atom stereocenters. The van der Waals surface area contributed by atoms with Crippen LogP contribution in [0.4, 0.5) is 0 Å². The van der Waals surface area contributed by atoms with Crippen LogP contribution in [-0.2, 0) is 15.9 Å². The Hall–Kier alpha value is -0.580. The third-order valence-electron chi connectivity index (χ3n) is 3.20. The van der Waals surface area contributed by atoms with Crippen molar-refractivity contribution in [3.05, 3.63) is 29.3 Å². The minimum absolute atomic E-state index is 0.181. The molecule has 0 aliphatic heterocycles. The summed E-state index contributed by atoms with van der Waals surface area (Å²) in [6.45, 7) is 1.93. The van der Waals surface area contributed by atoms with Gasteiger partial charge in [0.15, 0.2) is 0 Å². The van der Waals surface area contributed by atoms with Crippen LogP contribution in [0.1, 0.15) is 24.0 Å². The van der Waals surface area contributed by atoms with Crippen LogP contribution in [0.25, 0.3) is 0 Å². The molecule has 0 aromatic heterocycles. The van der Waals surface area contributed by atoms with Crippen LogP contribution in [-0.4, -0.2) is 25.8 Å². The molecule has 1 aromatic carbocycles. The van der Waals surface area contributed by atoms with E-state index in [1.165, 1.54) is 4.31 Å². The van der Waals surface area contributed by atoms with E-state index in [0.717, 1.165) is 24.0 Å². The first kappa shape index (κ1) is 12.9. The average molecular weight is 274 g/mol. The van der Waals surface area contributed by atoms with Gasteiger partial charge in [-0.05, 0) is 43.0 Å². The molecule has 0 saturated heterocycles. The van der Waals surface area contributed by atoms with Gasteiger partial charge >= 0.3 is 0 Å². The van der Waals surface area contributed by atoms with E-state index in [4.69, 9.17) is 11.6 Å². The largest absolute Gasteiger partial charge is 0.243 e. The van der Waals surface area contributed by atoms with Crippen molar-refractivity contribution in [2.24, 2.45) is 0 Å². The molecule has 0 radical (unpaired) electrons. The number of alkyl halides is 1. The molecule has 17 heavy (non-hydrogen) atoms. The highest BCUT2D eigenvalue weighted by atomic mass is 35.5. The van der Waals surface area contributed by atoms with Gasteiger partial charge in [-0.25, -0.2) is 8.42 Å². The molecule has 0 heterocycles. The Balaban J connectivity index is 2.38. The van der Waals surface area contributed by atoms with Crippen molar-refractivity contribution in [2.45, 2.75) is 36.6 Å². The fourth-order valence-electron chi connectivity index (χ4n) is 1.75. The van der Waals surface area contributed by atoms with Gasteiger partial charge in [0.2, 0.25) is 10.0 Å². The lowest BCUT2D eigenvalue weighted by Crippen LogP contribution is -2.29. The number of benzene rings is 1. The quantitative estimate of drug-likeness (QED) is 0.791. The fourth-order valence-corrected chi connectivity index (χ4v) is 3.51. The van der Waals surface area contributed by atoms with Crippen molar-refractivity contribution >= 4 is 21.6 Å². The molecule has 0 spiro atoms. The number of nitrogens with zero attached hydrogens (tertiary/aromatic N) is 1. The first-order chi connectivity index (χ1) is 7.96. The van der Waals surface area contributed by atoms with Crippen molar-refractivity contribution in [3.8, 4) is 0 Å². The molecule has 0 N–H and O–H groups in total. The summed E-state index contributed by atoms with van der Waals surface area (Å²) in [7, 11) is -1.70. The normalized spacial score (nSPS) is 16.5. The van der Waals surface area contributed by atoms with Gasteiger partial charge in [-0.2, -0.15) is 4.31 Å². The molecule has 1 aliphatic carbocycles. The first-order valence-electron chi connectivity index (χ1n) is 5.60. The minimum Gasteiger partial charge on any atom is -0.207 e. The summed E-state index contributed by atoms with van der Waals surface area (Å²) in [4.78, 5) is 0.341. The van der Waals surface area contributed by atoms with Gasteiger partial charge in [0.05, 0.1) is 4.90 Å². The van der Waals surface area contributed by atoms with E-state index >= 15 is 0 Å². The van der Waals surface area contributed by atoms with Gasteiger partial charge < -0.3 is 0 Å². The Kier molecular flexibility index (Phi) is 3.48. The Morgan fingerprint density at radius 2 is 2.06 bits per heavy atom. The maximum atomic E-state index is 12.3. The van der Waals surface area contributed by atoms with Gasteiger partial charge in [-0.1, -0.05) is 6.07 Å². The topological polar surface area (TPSA) is 37.4 Å². The van der Waals surface area contributed by atoms with Crippen LogP contribution in [0.2, 0.25) is 0 Å².